The molecular formula is C45H30O. The zero-order valence-electron chi connectivity index (χ0n) is 25.8. The molecule has 0 radical (unpaired) electrons. The molecule has 0 aliphatic heterocycles. The largest absolute Gasteiger partial charge is 0.456 e. The Bertz CT molecular complexity index is 2660. The Balaban J connectivity index is 1.22. The smallest absolute Gasteiger partial charge is 0.136 e. The summed E-state index contributed by atoms with van der Waals surface area (Å²) in [6.07, 6.45) is 0. The Kier molecular flexibility index (Phi) is 5.12. The van der Waals surface area contributed by atoms with Crippen molar-refractivity contribution in [1.82, 2.24) is 0 Å². The van der Waals surface area contributed by atoms with Crippen molar-refractivity contribution < 1.29 is 4.42 Å². The van der Waals surface area contributed by atoms with Crippen LogP contribution in [-0.4, -0.2) is 0 Å². The molecule has 1 heterocycles. The second-order valence-electron chi connectivity index (χ2n) is 13.3. The Morgan fingerprint density at radius 3 is 1.61 bits per heavy atom. The maximum absolute atomic E-state index is 6.53. The normalized spacial score (nSPS) is 13.6. The monoisotopic (exact) mass is 586 g/mol. The molecule has 0 spiro atoms. The average molecular weight is 587 g/mol. The van der Waals surface area contributed by atoms with Crippen LogP contribution in [0.1, 0.15) is 25.0 Å². The Hall–Kier alpha value is -5.66. The van der Waals surface area contributed by atoms with Gasteiger partial charge in [-0.25, -0.2) is 0 Å². The van der Waals surface area contributed by atoms with Crippen molar-refractivity contribution in [2.75, 3.05) is 0 Å². The van der Waals surface area contributed by atoms with Gasteiger partial charge in [0.1, 0.15) is 11.2 Å². The minimum Gasteiger partial charge on any atom is -0.456 e. The van der Waals surface area contributed by atoms with E-state index in [1.54, 1.807) is 0 Å². The van der Waals surface area contributed by atoms with Gasteiger partial charge in [-0.05, 0) is 107 Å². The van der Waals surface area contributed by atoms with Gasteiger partial charge in [0.2, 0.25) is 0 Å². The molecular weight excluding hydrogens is 556 g/mol. The van der Waals surface area contributed by atoms with Crippen molar-refractivity contribution in [3.63, 3.8) is 0 Å². The first-order valence-electron chi connectivity index (χ1n) is 16.1. The molecule has 0 atom stereocenters. The van der Waals surface area contributed by atoms with Crippen molar-refractivity contribution >= 4 is 54.3 Å². The van der Waals surface area contributed by atoms with Gasteiger partial charge in [0.05, 0.1) is 0 Å². The molecule has 0 N–H and O–H groups in total. The van der Waals surface area contributed by atoms with Gasteiger partial charge in [0.25, 0.3) is 0 Å². The number of benzene rings is 8. The first-order chi connectivity index (χ1) is 22.6. The molecule has 0 saturated carbocycles. The highest BCUT2D eigenvalue weighted by atomic mass is 16.3. The van der Waals surface area contributed by atoms with E-state index in [0.29, 0.717) is 0 Å². The molecule has 1 aromatic heterocycles. The lowest BCUT2D eigenvalue weighted by Crippen LogP contribution is -2.14. The lowest BCUT2D eigenvalue weighted by Gasteiger charge is -2.23. The van der Waals surface area contributed by atoms with E-state index in [4.69, 9.17) is 4.42 Å². The zero-order valence-corrected chi connectivity index (χ0v) is 25.8. The Morgan fingerprint density at radius 2 is 0.913 bits per heavy atom. The third kappa shape index (κ3) is 3.46. The molecule has 0 saturated heterocycles. The number of hydrogen-bond donors (Lipinski definition) is 0. The lowest BCUT2D eigenvalue weighted by atomic mass is 9.80. The number of rotatable bonds is 2. The highest BCUT2D eigenvalue weighted by Gasteiger charge is 2.35. The maximum atomic E-state index is 6.53. The van der Waals surface area contributed by atoms with Crippen LogP contribution in [-0.2, 0) is 5.41 Å². The molecule has 1 heteroatoms. The van der Waals surface area contributed by atoms with Crippen LogP contribution in [0.4, 0.5) is 0 Å². The van der Waals surface area contributed by atoms with Crippen LogP contribution in [0.5, 0.6) is 0 Å². The van der Waals surface area contributed by atoms with Gasteiger partial charge in [0.15, 0.2) is 0 Å². The summed E-state index contributed by atoms with van der Waals surface area (Å²) in [6, 6.07) is 53.5. The van der Waals surface area contributed by atoms with Gasteiger partial charge in [-0.1, -0.05) is 129 Å². The second kappa shape index (κ2) is 9.19. The van der Waals surface area contributed by atoms with Crippen LogP contribution < -0.4 is 0 Å². The first-order valence-corrected chi connectivity index (χ1v) is 16.1. The van der Waals surface area contributed by atoms with Crippen molar-refractivity contribution in [2.45, 2.75) is 19.3 Å². The number of fused-ring (bicyclic) bond motifs is 9. The van der Waals surface area contributed by atoms with E-state index in [-0.39, 0.29) is 5.41 Å². The second-order valence-corrected chi connectivity index (χ2v) is 13.3. The molecule has 0 unspecified atom stereocenters. The van der Waals surface area contributed by atoms with E-state index in [1.807, 2.05) is 0 Å². The van der Waals surface area contributed by atoms with Crippen molar-refractivity contribution in [2.24, 2.45) is 0 Å². The molecule has 10 rings (SSSR count). The Morgan fingerprint density at radius 1 is 0.391 bits per heavy atom. The molecule has 1 aliphatic rings. The van der Waals surface area contributed by atoms with Crippen LogP contribution >= 0.6 is 0 Å². The van der Waals surface area contributed by atoms with Crippen LogP contribution in [0.15, 0.2) is 150 Å². The maximum Gasteiger partial charge on any atom is 0.136 e. The van der Waals surface area contributed by atoms with Crippen LogP contribution in [0.2, 0.25) is 0 Å². The summed E-state index contributed by atoms with van der Waals surface area (Å²) in [5.74, 6) is 0. The minimum absolute atomic E-state index is 0.0542. The molecule has 0 bridgehead atoms. The summed E-state index contributed by atoms with van der Waals surface area (Å²) in [4.78, 5) is 0. The average Bonchev–Trinajstić information content (AvgIpc) is 3.56. The van der Waals surface area contributed by atoms with Crippen LogP contribution in [0.3, 0.4) is 0 Å². The predicted octanol–water partition coefficient (Wildman–Crippen LogP) is 12.7. The quantitative estimate of drug-likeness (QED) is 0.184. The molecule has 0 amide bonds. The standard InChI is InChI=1S/C45H30O/c1-45(2)39-18-10-9-13-31(39)32-21-19-29(24-40(32)45)43-34-14-5-7-16-36(34)44(37-17-8-6-15-35(37)43)30-20-22-33-38-23-27-11-3-4-12-28(27)25-42(38)46-41(33)26-30/h3-26H,1-2H3. The summed E-state index contributed by atoms with van der Waals surface area (Å²) in [5.41, 5.74) is 12.3. The van der Waals surface area contributed by atoms with Crippen LogP contribution in [0, 0.1) is 0 Å². The summed E-state index contributed by atoms with van der Waals surface area (Å²) < 4.78 is 6.53. The van der Waals surface area contributed by atoms with Gasteiger partial charge in [-0.15, -0.1) is 0 Å². The summed E-state index contributed by atoms with van der Waals surface area (Å²) in [7, 11) is 0. The molecule has 1 nitrogen and oxygen atoms in total. The SMILES string of the molecule is CC1(C)c2ccccc2-c2ccc(-c3c4ccccc4c(-c4ccc5c(c4)oc4cc6ccccc6cc45)c4ccccc34)cc21. The van der Waals surface area contributed by atoms with Crippen LogP contribution in [0.25, 0.3) is 87.6 Å². The lowest BCUT2D eigenvalue weighted by molar-refractivity contribution is 0.660. The van der Waals surface area contributed by atoms with E-state index in [2.05, 4.69) is 159 Å². The fourth-order valence-electron chi connectivity index (χ4n) is 8.23. The topological polar surface area (TPSA) is 13.1 Å². The van der Waals surface area contributed by atoms with E-state index in [1.165, 1.54) is 76.8 Å². The fourth-order valence-corrected chi connectivity index (χ4v) is 8.23. The van der Waals surface area contributed by atoms with Gasteiger partial charge in [0, 0.05) is 16.2 Å². The number of furan rings is 1. The van der Waals surface area contributed by atoms with Gasteiger partial charge >= 0.3 is 0 Å². The molecule has 1 aliphatic carbocycles. The van der Waals surface area contributed by atoms with Gasteiger partial charge in [-0.2, -0.15) is 0 Å². The third-order valence-corrected chi connectivity index (χ3v) is 10.4. The van der Waals surface area contributed by atoms with E-state index in [9.17, 15) is 0 Å². The molecule has 9 aromatic rings. The van der Waals surface area contributed by atoms with E-state index >= 15 is 0 Å². The van der Waals surface area contributed by atoms with Gasteiger partial charge < -0.3 is 4.42 Å². The summed E-state index contributed by atoms with van der Waals surface area (Å²) in [6.45, 7) is 4.72. The molecule has 8 aromatic carbocycles. The highest BCUT2D eigenvalue weighted by Crippen LogP contribution is 2.51. The number of hydrogen-bond acceptors (Lipinski definition) is 1. The molecule has 0 fully saturated rings. The fraction of sp³-hybridized carbons (Fsp3) is 0.0667. The summed E-state index contributed by atoms with van der Waals surface area (Å²) in [5, 5.41) is 9.76. The highest BCUT2D eigenvalue weighted by molar-refractivity contribution is 6.22. The minimum atomic E-state index is -0.0542. The predicted molar refractivity (Wildman–Crippen MR) is 195 cm³/mol. The summed E-state index contributed by atoms with van der Waals surface area (Å²) >= 11 is 0. The zero-order chi connectivity index (χ0) is 30.6. The van der Waals surface area contributed by atoms with Crippen molar-refractivity contribution in [3.05, 3.63) is 157 Å². The van der Waals surface area contributed by atoms with Crippen molar-refractivity contribution in [3.8, 4) is 33.4 Å². The molecule has 46 heavy (non-hydrogen) atoms. The first kappa shape index (κ1) is 25.6. The van der Waals surface area contributed by atoms with E-state index in [0.717, 1.165) is 21.9 Å². The van der Waals surface area contributed by atoms with E-state index < -0.39 is 0 Å². The molecule has 216 valence electrons. The Labute approximate surface area is 267 Å². The van der Waals surface area contributed by atoms with Crippen molar-refractivity contribution in [1.29, 1.82) is 0 Å². The van der Waals surface area contributed by atoms with Gasteiger partial charge in [-0.3, -0.25) is 0 Å². The third-order valence-electron chi connectivity index (χ3n) is 10.4.